The van der Waals surface area contributed by atoms with Crippen molar-refractivity contribution in [3.63, 3.8) is 0 Å². The summed E-state index contributed by atoms with van der Waals surface area (Å²) in [6.07, 6.45) is 0. The zero-order valence-corrected chi connectivity index (χ0v) is 13.1. The highest BCUT2D eigenvalue weighted by atomic mass is 16.5. The average molecular weight is 307 g/mol. The Labute approximate surface area is 136 Å². The molecule has 0 aromatic heterocycles. The second-order valence-electron chi connectivity index (χ2n) is 5.19. The smallest absolute Gasteiger partial charge is 0.429 e. The largest absolute Gasteiger partial charge is 0.522 e. The Hall–Kier alpha value is -2.82. The Morgan fingerprint density at radius 2 is 1.39 bits per heavy atom. The zero-order valence-electron chi connectivity index (χ0n) is 13.1. The second-order valence-corrected chi connectivity index (χ2v) is 5.19. The van der Waals surface area contributed by atoms with E-state index in [1.54, 1.807) is 0 Å². The van der Waals surface area contributed by atoms with Gasteiger partial charge in [0.2, 0.25) is 0 Å². The molecular weight excluding hydrogens is 289 g/mol. The fraction of sp³-hybridized carbons (Fsp3) is 0.111. The van der Waals surface area contributed by atoms with E-state index in [2.05, 4.69) is 0 Å². The number of hydrogen-bond donors (Lipinski definition) is 2. The number of aliphatic hydroxyl groups is 1. The summed E-state index contributed by atoms with van der Waals surface area (Å²) in [5.74, 6) is -0.933. The van der Waals surface area contributed by atoms with Crippen molar-refractivity contribution < 1.29 is 14.6 Å². The van der Waals surface area contributed by atoms with Crippen LogP contribution < -0.4 is 10.9 Å². The molecule has 2 N–H and O–H groups in total. The lowest BCUT2D eigenvalue weighted by molar-refractivity contribution is -0.129. The summed E-state index contributed by atoms with van der Waals surface area (Å²) in [4.78, 5) is 12.4. The van der Waals surface area contributed by atoms with Crippen LogP contribution in [0.15, 0.2) is 72.0 Å². The third-order valence-corrected chi connectivity index (χ3v) is 3.37. The molecule has 2 aromatic carbocycles. The van der Waals surface area contributed by atoms with E-state index in [9.17, 15) is 9.90 Å². The Balaban J connectivity index is 2.39. The number of hydrogen-bond acceptors (Lipinski definition) is 4. The fourth-order valence-electron chi connectivity index (χ4n) is 2.32. The topological polar surface area (TPSA) is 70.4 Å². The van der Waals surface area contributed by atoms with Crippen molar-refractivity contribution in [2.45, 2.75) is 13.8 Å². The van der Waals surface area contributed by atoms with Gasteiger partial charge in [-0.1, -0.05) is 60.7 Å². The molecule has 0 radical (unpaired) electrons. The van der Waals surface area contributed by atoms with Crippen LogP contribution in [-0.2, 0) is 9.45 Å². The van der Waals surface area contributed by atoms with E-state index in [-0.39, 0.29) is 17.0 Å². The summed E-state index contributed by atoms with van der Waals surface area (Å²) in [5, 5.41) is 17.3. The Bertz CT molecular complexity index is 683. The molecule has 116 valence electrons. The van der Waals surface area contributed by atoms with Crippen LogP contribution in [-0.4, -0.2) is 23.7 Å². The monoisotopic (exact) mass is 307 g/mol. The first-order valence-electron chi connectivity index (χ1n) is 7.27. The Morgan fingerprint density at radius 3 is 1.74 bits per heavy atom. The summed E-state index contributed by atoms with van der Waals surface area (Å²) in [6, 6.07) is 18.7. The van der Waals surface area contributed by atoms with Crippen LogP contribution in [0, 0.1) is 5.41 Å². The maximum absolute atomic E-state index is 12.4. The SMILES string of the molecule is CC(=N)C(C(=O)OB(c1ccccc1)c1ccccc1)=C(C)O. The molecule has 0 aliphatic heterocycles. The number of carbonyl (C=O) groups excluding carboxylic acids is 1. The van der Waals surface area contributed by atoms with Crippen molar-refractivity contribution in [2.24, 2.45) is 0 Å². The minimum atomic E-state index is -0.713. The number of rotatable bonds is 5. The number of aliphatic hydroxyl groups excluding tert-OH is 1. The van der Waals surface area contributed by atoms with E-state index in [1.807, 2.05) is 60.7 Å². The molecular formula is C18H18BNO3. The van der Waals surface area contributed by atoms with Gasteiger partial charge in [-0.15, -0.1) is 0 Å². The van der Waals surface area contributed by atoms with E-state index in [4.69, 9.17) is 10.1 Å². The van der Waals surface area contributed by atoms with Crippen molar-refractivity contribution in [2.75, 3.05) is 0 Å². The van der Waals surface area contributed by atoms with Crippen LogP contribution >= 0.6 is 0 Å². The van der Waals surface area contributed by atoms with Crippen LogP contribution in [0.3, 0.4) is 0 Å². The molecule has 2 aromatic rings. The number of allylic oxidation sites excluding steroid dienone is 1. The van der Waals surface area contributed by atoms with Gasteiger partial charge in [0, 0.05) is 5.71 Å². The number of nitrogens with one attached hydrogen (secondary N) is 1. The minimum absolute atomic E-state index is 0.0325. The fourth-order valence-corrected chi connectivity index (χ4v) is 2.32. The van der Waals surface area contributed by atoms with Crippen LogP contribution in [0.5, 0.6) is 0 Å². The molecule has 0 bridgehead atoms. The van der Waals surface area contributed by atoms with E-state index in [0.29, 0.717) is 0 Å². The first-order chi connectivity index (χ1) is 11.0. The Morgan fingerprint density at radius 1 is 0.957 bits per heavy atom. The predicted octanol–water partition coefficient (Wildman–Crippen LogP) is 2.21. The summed E-state index contributed by atoms with van der Waals surface area (Å²) in [7, 11) is 0. The van der Waals surface area contributed by atoms with Gasteiger partial charge in [-0.25, -0.2) is 4.79 Å². The van der Waals surface area contributed by atoms with Crippen LogP contribution in [0.25, 0.3) is 0 Å². The molecule has 0 heterocycles. The van der Waals surface area contributed by atoms with Gasteiger partial charge < -0.3 is 15.2 Å². The highest BCUT2D eigenvalue weighted by molar-refractivity contribution is 6.81. The van der Waals surface area contributed by atoms with E-state index in [0.717, 1.165) is 10.9 Å². The van der Waals surface area contributed by atoms with Crippen LogP contribution in [0.1, 0.15) is 13.8 Å². The molecule has 0 unspecified atom stereocenters. The molecule has 0 saturated heterocycles. The predicted molar refractivity (Wildman–Crippen MR) is 92.7 cm³/mol. The van der Waals surface area contributed by atoms with Crippen molar-refractivity contribution in [3.05, 3.63) is 72.0 Å². The summed E-state index contributed by atoms with van der Waals surface area (Å²) in [5.41, 5.74) is 1.51. The summed E-state index contributed by atoms with van der Waals surface area (Å²) < 4.78 is 5.61. The van der Waals surface area contributed by atoms with Gasteiger partial charge >= 0.3 is 12.9 Å². The molecule has 0 amide bonds. The summed E-state index contributed by atoms with van der Waals surface area (Å²) in [6.45, 7) is 2.21. The Kier molecular flexibility index (Phi) is 5.36. The first-order valence-corrected chi connectivity index (χ1v) is 7.27. The van der Waals surface area contributed by atoms with Crippen molar-refractivity contribution in [3.8, 4) is 0 Å². The van der Waals surface area contributed by atoms with Gasteiger partial charge in [0.05, 0.1) is 0 Å². The minimum Gasteiger partial charge on any atom is -0.522 e. The van der Waals surface area contributed by atoms with Gasteiger partial charge in [-0.3, -0.25) is 0 Å². The van der Waals surface area contributed by atoms with Gasteiger partial charge in [-0.2, -0.15) is 0 Å². The van der Waals surface area contributed by atoms with Crippen molar-refractivity contribution in [1.82, 2.24) is 0 Å². The molecule has 23 heavy (non-hydrogen) atoms. The van der Waals surface area contributed by atoms with E-state index < -0.39 is 12.9 Å². The lowest BCUT2D eigenvalue weighted by Gasteiger charge is -2.16. The van der Waals surface area contributed by atoms with Gasteiger partial charge in [0.1, 0.15) is 11.3 Å². The van der Waals surface area contributed by atoms with Crippen LogP contribution in [0.2, 0.25) is 0 Å². The van der Waals surface area contributed by atoms with E-state index >= 15 is 0 Å². The molecule has 5 heteroatoms. The molecule has 0 spiro atoms. The van der Waals surface area contributed by atoms with Gasteiger partial charge in [-0.05, 0) is 24.8 Å². The van der Waals surface area contributed by atoms with Crippen LogP contribution in [0.4, 0.5) is 0 Å². The molecule has 4 nitrogen and oxygen atoms in total. The molecule has 0 atom stereocenters. The maximum Gasteiger partial charge on any atom is 0.429 e. The third kappa shape index (κ3) is 4.10. The lowest BCUT2D eigenvalue weighted by Crippen LogP contribution is -2.46. The highest BCUT2D eigenvalue weighted by Crippen LogP contribution is 2.07. The lowest BCUT2D eigenvalue weighted by atomic mass is 9.55. The molecule has 0 aliphatic rings. The number of carbonyl (C=O) groups is 1. The zero-order chi connectivity index (χ0) is 16.8. The quantitative estimate of drug-likeness (QED) is 0.385. The maximum atomic E-state index is 12.4. The normalized spacial score (nSPS) is 11.4. The molecule has 0 saturated carbocycles. The first kappa shape index (κ1) is 16.6. The standard InChI is InChI=1S/C18H18BNO3/c1-13(20)17(14(2)21)18(22)23-19(15-9-5-3-6-10-15)16-11-7-4-8-12-16/h3-12,20-21H,1-2H3. The van der Waals surface area contributed by atoms with Crippen molar-refractivity contribution >= 4 is 29.5 Å². The second kappa shape index (κ2) is 7.45. The third-order valence-electron chi connectivity index (χ3n) is 3.37. The summed E-state index contributed by atoms with van der Waals surface area (Å²) >= 11 is 0. The molecule has 2 rings (SSSR count). The number of benzene rings is 2. The highest BCUT2D eigenvalue weighted by Gasteiger charge is 2.28. The van der Waals surface area contributed by atoms with E-state index in [1.165, 1.54) is 13.8 Å². The van der Waals surface area contributed by atoms with Gasteiger partial charge in [0.15, 0.2) is 0 Å². The van der Waals surface area contributed by atoms with Gasteiger partial charge in [0.25, 0.3) is 0 Å². The van der Waals surface area contributed by atoms with Crippen molar-refractivity contribution in [1.29, 1.82) is 5.41 Å². The molecule has 0 fully saturated rings. The average Bonchev–Trinajstić information content (AvgIpc) is 2.53. The molecule has 0 aliphatic carbocycles.